The molecule has 1 aromatic carbocycles. The van der Waals surface area contributed by atoms with Crippen molar-refractivity contribution in [2.75, 3.05) is 0 Å². The third kappa shape index (κ3) is 2.72. The third-order valence-corrected chi connectivity index (χ3v) is 7.67. The second-order valence-electron chi connectivity index (χ2n) is 7.35. The smallest absolute Gasteiger partial charge is 0.238 e. The van der Waals surface area contributed by atoms with Crippen LogP contribution >= 0.6 is 0 Å². The predicted molar refractivity (Wildman–Crippen MR) is 83.5 cm³/mol. The Hall–Kier alpha value is -1.50. The molecule has 1 N–H and O–H groups in total. The van der Waals surface area contributed by atoms with Gasteiger partial charge in [-0.25, -0.2) is 17.2 Å². The zero-order valence-electron chi connectivity index (χ0n) is 13.0. The number of rotatable bonds is 4. The molecule has 1 aromatic rings. The maximum Gasteiger partial charge on any atom is 0.238 e. The lowest BCUT2D eigenvalue weighted by molar-refractivity contribution is -0.120. The number of fused-ring (bicyclic) bond motifs is 2. The van der Waals surface area contributed by atoms with Gasteiger partial charge in [0, 0.05) is 5.92 Å². The molecule has 3 unspecified atom stereocenters. The summed E-state index contributed by atoms with van der Waals surface area (Å²) in [5.41, 5.74) is 0.534. The van der Waals surface area contributed by atoms with Crippen LogP contribution in [0.3, 0.4) is 0 Å². The molecule has 5 atom stereocenters. The first-order valence-corrected chi connectivity index (χ1v) is 9.90. The zero-order valence-corrected chi connectivity index (χ0v) is 13.9. The monoisotopic (exact) mass is 355 g/mol. The molecule has 7 heteroatoms. The molecule has 3 fully saturated rings. The van der Waals surface area contributed by atoms with E-state index in [-0.39, 0.29) is 11.8 Å². The lowest BCUT2D eigenvalue weighted by atomic mass is 10.0. The van der Waals surface area contributed by atoms with Gasteiger partial charge in [-0.05, 0) is 61.1 Å². The van der Waals surface area contributed by atoms with Crippen LogP contribution in [0.4, 0.5) is 8.78 Å². The average Bonchev–Trinajstić information content (AvgIpc) is 3.04. The molecule has 130 valence electrons. The van der Waals surface area contributed by atoms with Gasteiger partial charge in [-0.1, -0.05) is 12.5 Å². The Kier molecular flexibility index (Phi) is 3.67. The van der Waals surface area contributed by atoms with Crippen LogP contribution in [0.1, 0.15) is 43.6 Å². The number of nitrogens with one attached hydrogen (secondary N) is 1. The van der Waals surface area contributed by atoms with Crippen molar-refractivity contribution in [1.82, 2.24) is 4.72 Å². The largest absolute Gasteiger partial charge is 0.274 e. The maximum absolute atomic E-state index is 13.3. The summed E-state index contributed by atoms with van der Waals surface area (Å²) in [6.07, 6.45) is 4.06. The van der Waals surface area contributed by atoms with E-state index in [0.717, 1.165) is 31.4 Å². The quantitative estimate of drug-likeness (QED) is 0.903. The fraction of sp³-hybridized carbons (Fsp3) is 0.588. The van der Waals surface area contributed by atoms with E-state index in [1.54, 1.807) is 0 Å². The van der Waals surface area contributed by atoms with E-state index < -0.39 is 38.7 Å². The predicted octanol–water partition coefficient (Wildman–Crippen LogP) is 2.70. The number of carbonyl (C=O) groups excluding carboxylic acids is 1. The number of hydrogen-bond acceptors (Lipinski definition) is 3. The fourth-order valence-corrected chi connectivity index (χ4v) is 6.32. The van der Waals surface area contributed by atoms with Crippen molar-refractivity contribution in [2.45, 2.75) is 43.3 Å². The summed E-state index contributed by atoms with van der Waals surface area (Å²) in [7, 11) is -3.65. The molecule has 2 bridgehead atoms. The van der Waals surface area contributed by atoms with E-state index in [2.05, 4.69) is 4.72 Å². The van der Waals surface area contributed by atoms with Crippen LogP contribution in [0, 0.1) is 29.4 Å². The van der Waals surface area contributed by atoms with E-state index in [1.165, 1.54) is 6.07 Å². The normalized spacial score (nSPS) is 34.3. The number of halogens is 2. The zero-order chi connectivity index (χ0) is 17.1. The van der Waals surface area contributed by atoms with Gasteiger partial charge in [-0.15, -0.1) is 0 Å². The van der Waals surface area contributed by atoms with E-state index in [0.29, 0.717) is 24.3 Å². The highest BCUT2D eigenvalue weighted by atomic mass is 32.2. The van der Waals surface area contributed by atoms with Gasteiger partial charge in [0.1, 0.15) is 0 Å². The molecule has 0 aromatic heterocycles. The molecular weight excluding hydrogens is 336 g/mol. The summed E-state index contributed by atoms with van der Waals surface area (Å²) < 4.78 is 53.4. The second kappa shape index (κ2) is 5.51. The molecule has 3 aliphatic carbocycles. The van der Waals surface area contributed by atoms with Crippen LogP contribution in [-0.2, 0) is 14.8 Å². The lowest BCUT2D eigenvalue weighted by Gasteiger charge is -2.21. The van der Waals surface area contributed by atoms with Crippen molar-refractivity contribution < 1.29 is 22.0 Å². The molecule has 1 amide bonds. The Morgan fingerprint density at radius 2 is 1.88 bits per heavy atom. The Labute approximate surface area is 139 Å². The molecule has 0 heterocycles. The Balaban J connectivity index is 1.41. The van der Waals surface area contributed by atoms with Crippen molar-refractivity contribution in [2.24, 2.45) is 17.8 Å². The first kappa shape index (κ1) is 16.0. The van der Waals surface area contributed by atoms with Gasteiger partial charge >= 0.3 is 0 Å². The van der Waals surface area contributed by atoms with Gasteiger partial charge in [-0.3, -0.25) is 9.52 Å². The maximum atomic E-state index is 13.3. The van der Waals surface area contributed by atoms with Crippen LogP contribution in [0.15, 0.2) is 18.2 Å². The summed E-state index contributed by atoms with van der Waals surface area (Å²) in [5, 5.41) is -0.458. The van der Waals surface area contributed by atoms with Crippen molar-refractivity contribution in [1.29, 1.82) is 0 Å². The highest BCUT2D eigenvalue weighted by Gasteiger charge is 2.49. The highest BCUT2D eigenvalue weighted by Crippen LogP contribution is 2.49. The van der Waals surface area contributed by atoms with E-state index in [9.17, 15) is 22.0 Å². The molecule has 0 radical (unpaired) electrons. The van der Waals surface area contributed by atoms with E-state index >= 15 is 0 Å². The Bertz CT molecular complexity index is 795. The number of sulfonamides is 1. The summed E-state index contributed by atoms with van der Waals surface area (Å²) in [6, 6.07) is 3.56. The van der Waals surface area contributed by atoms with Gasteiger partial charge in [0.2, 0.25) is 15.9 Å². The number of amides is 1. The average molecular weight is 355 g/mol. The minimum atomic E-state index is -3.65. The lowest BCUT2D eigenvalue weighted by Crippen LogP contribution is -2.41. The molecule has 0 spiro atoms. The van der Waals surface area contributed by atoms with Gasteiger partial charge < -0.3 is 0 Å². The van der Waals surface area contributed by atoms with Crippen LogP contribution in [-0.4, -0.2) is 19.6 Å². The number of benzene rings is 1. The van der Waals surface area contributed by atoms with E-state index in [4.69, 9.17) is 0 Å². The van der Waals surface area contributed by atoms with Crippen LogP contribution in [0.2, 0.25) is 0 Å². The standard InChI is InChI=1S/C17H19F2NO3S/c18-14-4-3-10(7-15(14)19)12-8-13(12)17(21)20-24(22,23)16-6-9-1-2-11(16)5-9/h3-4,7,9,11-13,16H,1-2,5-6,8H2,(H,20,21)/t9-,11+,12?,13?,16?/m1/s1. The highest BCUT2D eigenvalue weighted by molar-refractivity contribution is 7.90. The van der Waals surface area contributed by atoms with Gasteiger partial charge in [-0.2, -0.15) is 0 Å². The molecule has 4 rings (SSSR count). The molecule has 0 saturated heterocycles. The number of hydrogen-bond donors (Lipinski definition) is 1. The van der Waals surface area contributed by atoms with Crippen molar-refractivity contribution in [3.63, 3.8) is 0 Å². The van der Waals surface area contributed by atoms with Crippen molar-refractivity contribution in [3.8, 4) is 0 Å². The Morgan fingerprint density at radius 1 is 1.08 bits per heavy atom. The van der Waals surface area contributed by atoms with Gasteiger partial charge in [0.05, 0.1) is 5.25 Å². The first-order valence-electron chi connectivity index (χ1n) is 8.35. The van der Waals surface area contributed by atoms with Crippen molar-refractivity contribution in [3.05, 3.63) is 35.4 Å². The summed E-state index contributed by atoms with van der Waals surface area (Å²) in [5.74, 6) is -2.48. The molecule has 24 heavy (non-hydrogen) atoms. The second-order valence-corrected chi connectivity index (χ2v) is 9.25. The molecule has 0 aliphatic heterocycles. The number of carbonyl (C=O) groups is 1. The molecular formula is C17H19F2NO3S. The van der Waals surface area contributed by atoms with Gasteiger partial charge in [0.15, 0.2) is 11.6 Å². The first-order chi connectivity index (χ1) is 11.3. The van der Waals surface area contributed by atoms with Crippen LogP contribution in [0.5, 0.6) is 0 Å². The summed E-state index contributed by atoms with van der Waals surface area (Å²) in [4.78, 5) is 12.3. The van der Waals surface area contributed by atoms with E-state index in [1.807, 2.05) is 0 Å². The molecule has 3 saturated carbocycles. The third-order valence-electron chi connectivity index (χ3n) is 5.81. The fourth-order valence-electron chi connectivity index (χ4n) is 4.45. The van der Waals surface area contributed by atoms with Crippen LogP contribution < -0.4 is 4.72 Å². The van der Waals surface area contributed by atoms with Crippen molar-refractivity contribution >= 4 is 15.9 Å². The minimum absolute atomic E-state index is 0.168. The Morgan fingerprint density at radius 3 is 2.50 bits per heavy atom. The molecule has 4 nitrogen and oxygen atoms in total. The van der Waals surface area contributed by atoms with Crippen LogP contribution in [0.25, 0.3) is 0 Å². The summed E-state index contributed by atoms with van der Waals surface area (Å²) in [6.45, 7) is 0. The topological polar surface area (TPSA) is 63.2 Å². The minimum Gasteiger partial charge on any atom is -0.274 e. The molecule has 3 aliphatic rings. The van der Waals surface area contributed by atoms with Gasteiger partial charge in [0.25, 0.3) is 0 Å². The SMILES string of the molecule is O=C(NS(=O)(=O)C1C[C@@H]2CC[C@H]1C2)C1CC1c1ccc(F)c(F)c1. The summed E-state index contributed by atoms with van der Waals surface area (Å²) >= 11 is 0.